The molecule has 0 saturated carbocycles. The predicted octanol–water partition coefficient (Wildman–Crippen LogP) is 4.14. The molecule has 3 rings (SSSR count). The fourth-order valence-corrected chi connectivity index (χ4v) is 2.03. The van der Waals surface area contributed by atoms with Gasteiger partial charge in [0.15, 0.2) is 0 Å². The van der Waals surface area contributed by atoms with Gasteiger partial charge < -0.3 is 4.74 Å². The van der Waals surface area contributed by atoms with E-state index in [4.69, 9.17) is 16.3 Å². The third-order valence-corrected chi connectivity index (χ3v) is 3.23. The maximum atomic E-state index is 11.9. The Bertz CT molecular complexity index is 932. The van der Waals surface area contributed by atoms with Gasteiger partial charge >= 0.3 is 6.09 Å². The van der Waals surface area contributed by atoms with Gasteiger partial charge in [-0.15, -0.1) is 0 Å². The van der Waals surface area contributed by atoms with Gasteiger partial charge in [-0.3, -0.25) is 5.32 Å². The van der Waals surface area contributed by atoms with Crippen LogP contribution in [-0.4, -0.2) is 16.1 Å². The van der Waals surface area contributed by atoms with Crippen LogP contribution in [0.5, 0.6) is 5.75 Å². The summed E-state index contributed by atoms with van der Waals surface area (Å²) >= 11 is 5.63. The normalized spacial score (nSPS) is 9.64. The van der Waals surface area contributed by atoms with Crippen molar-refractivity contribution >= 4 is 23.4 Å². The van der Waals surface area contributed by atoms with Gasteiger partial charge in [0.1, 0.15) is 5.75 Å². The highest BCUT2D eigenvalue weighted by Crippen LogP contribution is 2.14. The van der Waals surface area contributed by atoms with E-state index in [1.807, 2.05) is 24.3 Å². The molecule has 0 radical (unpaired) electrons. The summed E-state index contributed by atoms with van der Waals surface area (Å²) in [7, 11) is 0. The quantitative estimate of drug-likeness (QED) is 0.558. The molecule has 0 bridgehead atoms. The van der Waals surface area contributed by atoms with E-state index in [9.17, 15) is 4.79 Å². The van der Waals surface area contributed by atoms with Gasteiger partial charge in [-0.2, -0.15) is 0 Å². The Morgan fingerprint density at radius 2 is 1.68 bits per heavy atom. The highest BCUT2D eigenvalue weighted by Gasteiger charge is 2.05. The summed E-state index contributed by atoms with van der Waals surface area (Å²) in [6.45, 7) is 0. The van der Waals surface area contributed by atoms with Crippen LogP contribution in [0.2, 0.25) is 5.28 Å². The molecule has 25 heavy (non-hydrogen) atoms. The third kappa shape index (κ3) is 5.06. The molecule has 2 aromatic carbocycles. The Labute approximate surface area is 149 Å². The number of ether oxygens (including phenoxy) is 1. The van der Waals surface area contributed by atoms with Crippen LogP contribution in [0.25, 0.3) is 0 Å². The largest absolute Gasteiger partial charge is 0.417 e. The van der Waals surface area contributed by atoms with Crippen molar-refractivity contribution in [3.05, 3.63) is 83.4 Å². The molecule has 0 fully saturated rings. The summed E-state index contributed by atoms with van der Waals surface area (Å²) in [6, 6.07) is 16.0. The number of hydrogen-bond acceptors (Lipinski definition) is 4. The number of nitrogens with zero attached hydrogens (tertiary/aromatic N) is 2. The second kappa shape index (κ2) is 7.95. The van der Waals surface area contributed by atoms with Crippen molar-refractivity contribution in [2.24, 2.45) is 0 Å². The second-order valence-electron chi connectivity index (χ2n) is 4.90. The van der Waals surface area contributed by atoms with Crippen LogP contribution in [0, 0.1) is 11.8 Å². The molecule has 122 valence electrons. The zero-order valence-corrected chi connectivity index (χ0v) is 13.7. The van der Waals surface area contributed by atoms with Gasteiger partial charge in [0.2, 0.25) is 5.28 Å². The lowest BCUT2D eigenvalue weighted by Crippen LogP contribution is -2.16. The number of nitrogens with one attached hydrogen (secondary N) is 1. The Kier molecular flexibility index (Phi) is 5.25. The minimum Gasteiger partial charge on any atom is -0.410 e. The second-order valence-corrected chi connectivity index (χ2v) is 5.24. The summed E-state index contributed by atoms with van der Waals surface area (Å²) in [6.07, 6.45) is 2.51. The van der Waals surface area contributed by atoms with Crippen LogP contribution in [0.1, 0.15) is 11.1 Å². The Hall–Kier alpha value is -3.36. The highest BCUT2D eigenvalue weighted by atomic mass is 35.5. The molecule has 1 aromatic heterocycles. The van der Waals surface area contributed by atoms with Crippen LogP contribution < -0.4 is 10.1 Å². The van der Waals surface area contributed by atoms with Gasteiger partial charge in [0.05, 0.1) is 5.56 Å². The van der Waals surface area contributed by atoms with Gasteiger partial charge in [0.25, 0.3) is 0 Å². The summed E-state index contributed by atoms with van der Waals surface area (Å²) in [4.78, 5) is 19.6. The summed E-state index contributed by atoms with van der Waals surface area (Å²) in [5, 5.41) is 2.82. The molecule has 0 saturated heterocycles. The number of hydrogen-bond donors (Lipinski definition) is 1. The molecule has 6 heteroatoms. The molecule has 0 aliphatic carbocycles. The van der Waals surface area contributed by atoms with E-state index in [0.717, 1.165) is 0 Å². The number of carbonyl (C=O) groups excluding carboxylic acids is 1. The first-order chi connectivity index (χ1) is 12.2. The molecule has 1 heterocycles. The number of amides is 1. The van der Waals surface area contributed by atoms with E-state index in [1.165, 1.54) is 12.4 Å². The highest BCUT2D eigenvalue weighted by molar-refractivity contribution is 6.28. The number of halogens is 1. The van der Waals surface area contributed by atoms with Gasteiger partial charge in [-0.25, -0.2) is 14.8 Å². The minimum absolute atomic E-state index is 0.172. The summed E-state index contributed by atoms with van der Waals surface area (Å²) < 4.78 is 5.27. The lowest BCUT2D eigenvalue weighted by Gasteiger charge is -2.06. The maximum Gasteiger partial charge on any atom is 0.417 e. The number of benzene rings is 2. The van der Waals surface area contributed by atoms with Crippen LogP contribution in [0.15, 0.2) is 67.0 Å². The number of rotatable bonds is 2. The van der Waals surface area contributed by atoms with Crippen molar-refractivity contribution < 1.29 is 9.53 Å². The van der Waals surface area contributed by atoms with E-state index < -0.39 is 6.09 Å². The van der Waals surface area contributed by atoms with E-state index in [-0.39, 0.29) is 5.28 Å². The molecule has 0 unspecified atom stereocenters. The summed E-state index contributed by atoms with van der Waals surface area (Å²) in [5.74, 6) is 6.27. The lowest BCUT2D eigenvalue weighted by molar-refractivity contribution is 0.215. The Balaban J connectivity index is 1.67. The molecule has 0 aliphatic heterocycles. The van der Waals surface area contributed by atoms with Crippen molar-refractivity contribution in [3.8, 4) is 17.6 Å². The zero-order valence-electron chi connectivity index (χ0n) is 12.9. The molecule has 0 atom stereocenters. The lowest BCUT2D eigenvalue weighted by atomic mass is 10.2. The van der Waals surface area contributed by atoms with E-state index in [0.29, 0.717) is 22.6 Å². The monoisotopic (exact) mass is 349 g/mol. The van der Waals surface area contributed by atoms with Crippen molar-refractivity contribution in [1.82, 2.24) is 9.97 Å². The zero-order chi connectivity index (χ0) is 17.5. The van der Waals surface area contributed by atoms with Crippen LogP contribution in [0.3, 0.4) is 0 Å². The van der Waals surface area contributed by atoms with Gasteiger partial charge in [-0.1, -0.05) is 36.1 Å². The first-order valence-corrected chi connectivity index (χ1v) is 7.70. The maximum absolute atomic E-state index is 11.9. The molecule has 3 aromatic rings. The smallest absolute Gasteiger partial charge is 0.410 e. The van der Waals surface area contributed by atoms with Crippen LogP contribution in [-0.2, 0) is 0 Å². The SMILES string of the molecule is O=C(Nc1ccccc1)Oc1cccc(C#Cc2cnc(Cl)nc2)c1. The number of para-hydroxylation sites is 1. The molecule has 0 spiro atoms. The topological polar surface area (TPSA) is 64.1 Å². The van der Waals surface area contributed by atoms with Crippen LogP contribution >= 0.6 is 11.6 Å². The molecule has 5 nitrogen and oxygen atoms in total. The van der Waals surface area contributed by atoms with E-state index >= 15 is 0 Å². The molecule has 1 amide bonds. The van der Waals surface area contributed by atoms with E-state index in [1.54, 1.807) is 30.3 Å². The van der Waals surface area contributed by atoms with Crippen molar-refractivity contribution in [2.75, 3.05) is 5.32 Å². The van der Waals surface area contributed by atoms with Crippen LogP contribution in [0.4, 0.5) is 10.5 Å². The summed E-state index contributed by atoms with van der Waals surface area (Å²) in [5.41, 5.74) is 1.99. The average molecular weight is 350 g/mol. The Morgan fingerprint density at radius 1 is 0.960 bits per heavy atom. The first kappa shape index (κ1) is 16.5. The van der Waals surface area contributed by atoms with Gasteiger partial charge in [-0.05, 0) is 41.9 Å². The predicted molar refractivity (Wildman–Crippen MR) is 95.6 cm³/mol. The van der Waals surface area contributed by atoms with Crippen molar-refractivity contribution in [2.45, 2.75) is 0 Å². The Morgan fingerprint density at radius 3 is 2.44 bits per heavy atom. The fourth-order valence-electron chi connectivity index (χ4n) is 1.93. The molecule has 0 aliphatic rings. The standard InChI is InChI=1S/C19H12ClN3O2/c20-18-21-12-15(13-22-18)10-9-14-5-4-8-17(11-14)25-19(24)23-16-6-2-1-3-7-16/h1-8,11-13H,(H,23,24). The molecular formula is C19H12ClN3O2. The van der Waals surface area contributed by atoms with Crippen molar-refractivity contribution in [3.63, 3.8) is 0 Å². The van der Waals surface area contributed by atoms with E-state index in [2.05, 4.69) is 27.1 Å². The minimum atomic E-state index is -0.567. The third-order valence-electron chi connectivity index (χ3n) is 3.04. The average Bonchev–Trinajstić information content (AvgIpc) is 2.62. The number of aromatic nitrogens is 2. The molecular weight excluding hydrogens is 338 g/mol. The van der Waals surface area contributed by atoms with Gasteiger partial charge in [0, 0.05) is 23.6 Å². The number of anilines is 1. The number of carbonyl (C=O) groups is 1. The molecule has 1 N–H and O–H groups in total. The first-order valence-electron chi connectivity index (χ1n) is 7.32. The van der Waals surface area contributed by atoms with Crippen molar-refractivity contribution in [1.29, 1.82) is 0 Å². The fraction of sp³-hybridized carbons (Fsp3) is 0.